The van der Waals surface area contributed by atoms with Crippen molar-refractivity contribution in [2.24, 2.45) is 0 Å². The van der Waals surface area contributed by atoms with E-state index in [1.807, 2.05) is 31.2 Å². The van der Waals surface area contributed by atoms with Crippen molar-refractivity contribution in [2.45, 2.75) is 54.2 Å². The summed E-state index contributed by atoms with van der Waals surface area (Å²) in [6, 6.07) is 7.70. The third-order valence-corrected chi connectivity index (χ3v) is 7.81. The van der Waals surface area contributed by atoms with Crippen LogP contribution < -0.4 is 5.73 Å². The summed E-state index contributed by atoms with van der Waals surface area (Å²) in [6.45, 7) is -2.09. The second-order valence-electron chi connectivity index (χ2n) is 8.69. The fourth-order valence-electron chi connectivity index (χ4n) is 3.31. The Labute approximate surface area is 216 Å². The number of benzene rings is 1. The molecule has 2 heterocycles. The smallest absolute Gasteiger partial charge is 0.368 e. The van der Waals surface area contributed by atoms with E-state index >= 15 is 0 Å². The monoisotopic (exact) mass is 585 g/mol. The number of aromatic nitrogens is 4. The van der Waals surface area contributed by atoms with E-state index in [9.17, 15) is 30.9 Å². The Balaban J connectivity index is 1.49. The topological polar surface area (TPSA) is 114 Å². The van der Waals surface area contributed by atoms with Gasteiger partial charge >= 0.3 is 19.9 Å². The maximum absolute atomic E-state index is 12.7. The van der Waals surface area contributed by atoms with Gasteiger partial charge in [-0.25, -0.2) is 9.97 Å². The van der Waals surface area contributed by atoms with Crippen LogP contribution in [0, 0.1) is 6.92 Å². The number of alkyl halides is 6. The molecule has 1 aliphatic rings. The predicted octanol–water partition coefficient (Wildman–Crippen LogP) is 5.73. The van der Waals surface area contributed by atoms with Crippen LogP contribution in [0.25, 0.3) is 11.2 Å². The van der Waals surface area contributed by atoms with Crippen molar-refractivity contribution in [3.05, 3.63) is 36.2 Å². The normalized spacial score (nSPS) is 15.8. The van der Waals surface area contributed by atoms with E-state index < -0.39 is 45.1 Å². The molecule has 0 atom stereocenters. The Bertz CT molecular complexity index is 1310. The minimum Gasteiger partial charge on any atom is -0.368 e. The molecule has 2 aromatic heterocycles. The van der Waals surface area contributed by atoms with Crippen molar-refractivity contribution >= 4 is 36.5 Å². The van der Waals surface area contributed by atoms with E-state index in [0.29, 0.717) is 29.0 Å². The number of aryl methyl sites for hydroxylation is 1. The highest BCUT2D eigenvalue weighted by Gasteiger charge is 2.48. The molecular weight excluding hydrogens is 563 g/mol. The lowest BCUT2D eigenvalue weighted by Crippen LogP contribution is -2.25. The molecule has 17 heteroatoms. The number of nitrogens with two attached hydrogens (primary N) is 1. The van der Waals surface area contributed by atoms with Crippen molar-refractivity contribution in [1.29, 1.82) is 0 Å². The highest BCUT2D eigenvalue weighted by Crippen LogP contribution is 2.53. The molecule has 1 fully saturated rings. The summed E-state index contributed by atoms with van der Waals surface area (Å²) in [5.41, 5.74) is 6.73. The van der Waals surface area contributed by atoms with Crippen molar-refractivity contribution in [2.75, 3.05) is 25.3 Å². The number of ether oxygens (including phenoxy) is 1. The molecule has 3 aromatic rings. The first-order valence-electron chi connectivity index (χ1n) is 11.0. The van der Waals surface area contributed by atoms with Gasteiger partial charge in [-0.2, -0.15) is 31.3 Å². The second-order valence-corrected chi connectivity index (χ2v) is 11.7. The Morgan fingerprint density at radius 3 is 2.21 bits per heavy atom. The number of rotatable bonds is 11. The molecule has 1 aromatic carbocycles. The SMILES string of the molecule is Cc1ccc(Sc2nc(N)nc3c2ncn3CC2(OCP(=O)(OCC(F)(F)F)OCC(F)(F)F)CC2)cc1. The lowest BCUT2D eigenvalue weighted by atomic mass is 10.2. The minimum atomic E-state index is -4.93. The molecule has 1 saturated carbocycles. The van der Waals surface area contributed by atoms with Gasteiger partial charge in [0.05, 0.1) is 18.5 Å². The quantitative estimate of drug-likeness (QED) is 0.171. The first kappa shape index (κ1) is 28.6. The van der Waals surface area contributed by atoms with Crippen LogP contribution in [0.3, 0.4) is 0 Å². The van der Waals surface area contributed by atoms with Gasteiger partial charge in [0, 0.05) is 4.90 Å². The molecule has 9 nitrogen and oxygen atoms in total. The molecule has 1 aliphatic carbocycles. The van der Waals surface area contributed by atoms with Gasteiger partial charge in [0.25, 0.3) is 0 Å². The van der Waals surface area contributed by atoms with Crippen LogP contribution in [0.5, 0.6) is 0 Å². The number of hydrogen-bond donors (Lipinski definition) is 1. The van der Waals surface area contributed by atoms with Crippen LogP contribution in [0.4, 0.5) is 32.3 Å². The first-order valence-corrected chi connectivity index (χ1v) is 13.6. The van der Waals surface area contributed by atoms with Crippen LogP contribution in [0.15, 0.2) is 40.5 Å². The summed E-state index contributed by atoms with van der Waals surface area (Å²) in [6.07, 6.45) is -8.75. The van der Waals surface area contributed by atoms with Gasteiger partial charge in [0.2, 0.25) is 5.95 Å². The van der Waals surface area contributed by atoms with Crippen LogP contribution in [-0.2, 0) is 24.9 Å². The van der Waals surface area contributed by atoms with Gasteiger partial charge in [0.1, 0.15) is 16.9 Å². The average Bonchev–Trinajstić information content (AvgIpc) is 3.48. The zero-order chi connectivity index (χ0) is 27.8. The largest absolute Gasteiger partial charge is 0.412 e. The molecule has 0 spiro atoms. The van der Waals surface area contributed by atoms with Gasteiger partial charge in [-0.1, -0.05) is 29.5 Å². The molecule has 2 N–H and O–H groups in total. The summed E-state index contributed by atoms with van der Waals surface area (Å²) < 4.78 is 104. The molecule has 0 bridgehead atoms. The number of nitrogens with zero attached hydrogens (tertiary/aromatic N) is 4. The zero-order valence-electron chi connectivity index (χ0n) is 19.8. The number of imidazole rings is 1. The van der Waals surface area contributed by atoms with Crippen molar-refractivity contribution in [3.8, 4) is 0 Å². The van der Waals surface area contributed by atoms with E-state index in [1.165, 1.54) is 18.1 Å². The summed E-state index contributed by atoms with van der Waals surface area (Å²) in [5.74, 6) is -0.0229. The Kier molecular flexibility index (Phi) is 8.01. The molecule has 0 saturated heterocycles. The number of hydrogen-bond acceptors (Lipinski definition) is 9. The first-order chi connectivity index (χ1) is 17.6. The maximum Gasteiger partial charge on any atom is 0.412 e. The minimum absolute atomic E-state index is 0.0229. The fraction of sp³-hybridized carbons (Fsp3) is 0.476. The van der Waals surface area contributed by atoms with E-state index in [4.69, 9.17) is 10.5 Å². The third kappa shape index (κ3) is 7.82. The summed E-state index contributed by atoms with van der Waals surface area (Å²) in [4.78, 5) is 13.7. The van der Waals surface area contributed by atoms with E-state index in [1.54, 1.807) is 4.57 Å². The van der Waals surface area contributed by atoms with E-state index in [-0.39, 0.29) is 12.5 Å². The van der Waals surface area contributed by atoms with Gasteiger partial charge in [0.15, 0.2) is 18.9 Å². The third-order valence-electron chi connectivity index (χ3n) is 5.33. The molecule has 38 heavy (non-hydrogen) atoms. The number of nitrogen functional groups attached to an aromatic ring is 1. The van der Waals surface area contributed by atoms with Gasteiger partial charge in [-0.05, 0) is 31.9 Å². The van der Waals surface area contributed by atoms with Crippen LogP contribution in [0.2, 0.25) is 0 Å². The van der Waals surface area contributed by atoms with Crippen LogP contribution >= 0.6 is 19.4 Å². The summed E-state index contributed by atoms with van der Waals surface area (Å²) in [7, 11) is -4.90. The average molecular weight is 585 g/mol. The predicted molar refractivity (Wildman–Crippen MR) is 125 cm³/mol. The number of halogens is 6. The molecule has 0 amide bonds. The second kappa shape index (κ2) is 10.6. The van der Waals surface area contributed by atoms with Crippen LogP contribution in [-0.4, -0.2) is 57.0 Å². The Morgan fingerprint density at radius 1 is 1.05 bits per heavy atom. The fourth-order valence-corrected chi connectivity index (χ4v) is 5.53. The highest BCUT2D eigenvalue weighted by atomic mass is 32.2. The number of fused-ring (bicyclic) bond motifs is 1. The molecule has 208 valence electrons. The maximum atomic E-state index is 12.7. The van der Waals surface area contributed by atoms with Crippen molar-refractivity contribution in [1.82, 2.24) is 19.5 Å². The van der Waals surface area contributed by atoms with Gasteiger partial charge in [-0.3, -0.25) is 13.6 Å². The van der Waals surface area contributed by atoms with Crippen molar-refractivity contribution in [3.63, 3.8) is 0 Å². The molecule has 0 aliphatic heterocycles. The molecular formula is C21H22F6N5O4PS. The van der Waals surface area contributed by atoms with Gasteiger partial charge < -0.3 is 15.0 Å². The van der Waals surface area contributed by atoms with Crippen molar-refractivity contribution < 1.29 is 44.7 Å². The lowest BCUT2D eigenvalue weighted by Gasteiger charge is -2.23. The van der Waals surface area contributed by atoms with Crippen LogP contribution in [0.1, 0.15) is 18.4 Å². The lowest BCUT2D eigenvalue weighted by molar-refractivity contribution is -0.166. The molecule has 0 radical (unpaired) electrons. The Hall–Kier alpha value is -2.39. The zero-order valence-corrected chi connectivity index (χ0v) is 21.5. The molecule has 4 rings (SSSR count). The van der Waals surface area contributed by atoms with Gasteiger partial charge in [-0.15, -0.1) is 0 Å². The Morgan fingerprint density at radius 2 is 1.66 bits per heavy atom. The molecule has 0 unspecified atom stereocenters. The standard InChI is InChI=1S/C21H22F6N5O4PS/c1-13-2-4-14(5-3-13)38-17-15-16(30-18(28)31-17)32(11-29-15)8-19(6-7-19)34-12-37(33,35-9-20(22,23)24)36-10-21(25,26)27/h2-5,11H,6-10,12H2,1H3,(H2,28,30,31). The number of anilines is 1. The highest BCUT2D eigenvalue weighted by molar-refractivity contribution is 7.99. The van der Waals surface area contributed by atoms with E-state index in [0.717, 1.165) is 10.5 Å². The summed E-state index contributed by atoms with van der Waals surface area (Å²) in [5, 5.41) is 0.492. The van der Waals surface area contributed by atoms with E-state index in [2.05, 4.69) is 24.0 Å². The summed E-state index contributed by atoms with van der Waals surface area (Å²) >= 11 is 1.32.